The van der Waals surface area contributed by atoms with E-state index in [1.165, 1.54) is 0 Å². The fourth-order valence-electron chi connectivity index (χ4n) is 1.69. The fraction of sp³-hybridized carbons (Fsp3) is 0.571. The standard InChI is InChI=1S/C14H22N2O2/c1-12(2)6-9-16(10-7-14(17)18)11-13-5-3-4-8-15-13/h3-5,8,12H,6-7,9-11H2,1-2H3,(H,17,18). The minimum absolute atomic E-state index is 0.185. The molecule has 0 bridgehead atoms. The van der Waals surface area contributed by atoms with Crippen molar-refractivity contribution in [3.05, 3.63) is 30.1 Å². The first-order chi connectivity index (χ1) is 8.58. The fourth-order valence-corrected chi connectivity index (χ4v) is 1.69. The molecule has 4 heteroatoms. The van der Waals surface area contributed by atoms with Crippen molar-refractivity contribution in [2.24, 2.45) is 5.92 Å². The number of nitrogens with zero attached hydrogens (tertiary/aromatic N) is 2. The van der Waals surface area contributed by atoms with Gasteiger partial charge < -0.3 is 5.11 Å². The highest BCUT2D eigenvalue weighted by Gasteiger charge is 2.09. The molecule has 0 amide bonds. The summed E-state index contributed by atoms with van der Waals surface area (Å²) in [6.45, 7) is 6.58. The van der Waals surface area contributed by atoms with Crippen LogP contribution in [0.1, 0.15) is 32.4 Å². The maximum absolute atomic E-state index is 10.7. The van der Waals surface area contributed by atoms with Crippen LogP contribution < -0.4 is 0 Å². The van der Waals surface area contributed by atoms with Crippen LogP contribution in [0.3, 0.4) is 0 Å². The van der Waals surface area contributed by atoms with Gasteiger partial charge in [-0.15, -0.1) is 0 Å². The van der Waals surface area contributed by atoms with Crippen LogP contribution in [0.15, 0.2) is 24.4 Å². The van der Waals surface area contributed by atoms with Crippen LogP contribution >= 0.6 is 0 Å². The number of hydrogen-bond donors (Lipinski definition) is 1. The van der Waals surface area contributed by atoms with Crippen molar-refractivity contribution in [2.45, 2.75) is 33.2 Å². The zero-order valence-electron chi connectivity index (χ0n) is 11.2. The summed E-state index contributed by atoms with van der Waals surface area (Å²) in [4.78, 5) is 17.1. The van der Waals surface area contributed by atoms with Gasteiger partial charge in [-0.1, -0.05) is 19.9 Å². The molecule has 100 valence electrons. The summed E-state index contributed by atoms with van der Waals surface area (Å²) in [5.74, 6) is -0.119. The Morgan fingerprint density at radius 3 is 2.72 bits per heavy atom. The first-order valence-corrected chi connectivity index (χ1v) is 6.42. The molecule has 1 aromatic heterocycles. The second-order valence-corrected chi connectivity index (χ2v) is 4.92. The molecule has 0 atom stereocenters. The normalized spacial score (nSPS) is 11.1. The van der Waals surface area contributed by atoms with E-state index >= 15 is 0 Å². The number of aromatic nitrogens is 1. The van der Waals surface area contributed by atoms with Gasteiger partial charge in [0.25, 0.3) is 0 Å². The Morgan fingerprint density at radius 1 is 1.39 bits per heavy atom. The smallest absolute Gasteiger partial charge is 0.304 e. The van der Waals surface area contributed by atoms with Crippen LogP contribution in [0.2, 0.25) is 0 Å². The molecule has 0 saturated heterocycles. The second-order valence-electron chi connectivity index (χ2n) is 4.92. The lowest BCUT2D eigenvalue weighted by atomic mass is 10.1. The van der Waals surface area contributed by atoms with Gasteiger partial charge in [-0.25, -0.2) is 0 Å². The van der Waals surface area contributed by atoms with Gasteiger partial charge in [-0.3, -0.25) is 14.7 Å². The highest BCUT2D eigenvalue weighted by Crippen LogP contribution is 2.07. The number of carboxylic acids is 1. The minimum atomic E-state index is -0.745. The summed E-state index contributed by atoms with van der Waals surface area (Å²) in [6.07, 6.45) is 3.03. The molecule has 1 aromatic rings. The molecule has 18 heavy (non-hydrogen) atoms. The first kappa shape index (κ1) is 14.6. The summed E-state index contributed by atoms with van der Waals surface area (Å²) in [6, 6.07) is 5.82. The zero-order chi connectivity index (χ0) is 13.4. The van der Waals surface area contributed by atoms with E-state index in [4.69, 9.17) is 5.11 Å². The third-order valence-electron chi connectivity index (χ3n) is 2.78. The lowest BCUT2D eigenvalue weighted by Gasteiger charge is -2.22. The molecule has 1 N–H and O–H groups in total. The average Bonchev–Trinajstić information content (AvgIpc) is 2.33. The van der Waals surface area contributed by atoms with Crippen molar-refractivity contribution >= 4 is 5.97 Å². The quantitative estimate of drug-likeness (QED) is 0.769. The summed E-state index contributed by atoms with van der Waals surface area (Å²) >= 11 is 0. The van der Waals surface area contributed by atoms with Crippen molar-refractivity contribution in [1.82, 2.24) is 9.88 Å². The summed E-state index contributed by atoms with van der Waals surface area (Å²) < 4.78 is 0. The molecule has 0 aliphatic carbocycles. The van der Waals surface area contributed by atoms with E-state index in [2.05, 4.69) is 23.7 Å². The Kier molecular flexibility index (Phi) is 6.36. The van der Waals surface area contributed by atoms with E-state index in [0.717, 1.165) is 25.2 Å². The molecule has 0 aromatic carbocycles. The van der Waals surface area contributed by atoms with Crippen molar-refractivity contribution in [1.29, 1.82) is 0 Å². The lowest BCUT2D eigenvalue weighted by molar-refractivity contribution is -0.137. The van der Waals surface area contributed by atoms with Gasteiger partial charge in [0, 0.05) is 19.3 Å². The number of aliphatic carboxylic acids is 1. The molecular formula is C14H22N2O2. The van der Waals surface area contributed by atoms with Crippen LogP contribution in [-0.4, -0.2) is 34.0 Å². The van der Waals surface area contributed by atoms with Gasteiger partial charge in [0.05, 0.1) is 12.1 Å². The van der Waals surface area contributed by atoms with Crippen LogP contribution in [0.25, 0.3) is 0 Å². The molecule has 1 heterocycles. The van der Waals surface area contributed by atoms with Crippen LogP contribution in [0, 0.1) is 5.92 Å². The van der Waals surface area contributed by atoms with E-state index in [1.807, 2.05) is 18.2 Å². The van der Waals surface area contributed by atoms with Crippen molar-refractivity contribution in [3.63, 3.8) is 0 Å². The van der Waals surface area contributed by atoms with Gasteiger partial charge in [-0.05, 0) is 31.0 Å². The third-order valence-corrected chi connectivity index (χ3v) is 2.78. The lowest BCUT2D eigenvalue weighted by Crippen LogP contribution is -2.28. The van der Waals surface area contributed by atoms with Gasteiger partial charge >= 0.3 is 5.97 Å². The molecule has 0 radical (unpaired) electrons. The summed E-state index contributed by atoms with van der Waals surface area (Å²) in [5, 5.41) is 8.76. The number of hydrogen-bond acceptors (Lipinski definition) is 3. The van der Waals surface area contributed by atoms with Crippen LogP contribution in [0.5, 0.6) is 0 Å². The number of carbonyl (C=O) groups is 1. The molecular weight excluding hydrogens is 228 g/mol. The van der Waals surface area contributed by atoms with Gasteiger partial charge in [0.15, 0.2) is 0 Å². The molecule has 0 aliphatic rings. The van der Waals surface area contributed by atoms with Crippen molar-refractivity contribution < 1.29 is 9.90 Å². The number of pyridine rings is 1. The Morgan fingerprint density at radius 2 is 2.17 bits per heavy atom. The van der Waals surface area contributed by atoms with E-state index < -0.39 is 5.97 Å². The molecule has 0 unspecified atom stereocenters. The van der Waals surface area contributed by atoms with Gasteiger partial charge in [-0.2, -0.15) is 0 Å². The van der Waals surface area contributed by atoms with E-state index in [1.54, 1.807) is 6.20 Å². The largest absolute Gasteiger partial charge is 0.481 e. The predicted octanol–water partition coefficient (Wildman–Crippen LogP) is 2.40. The minimum Gasteiger partial charge on any atom is -0.481 e. The molecule has 0 aliphatic heterocycles. The van der Waals surface area contributed by atoms with E-state index in [9.17, 15) is 4.79 Å². The van der Waals surface area contributed by atoms with E-state index in [-0.39, 0.29) is 6.42 Å². The maximum Gasteiger partial charge on any atom is 0.304 e. The molecule has 0 saturated carbocycles. The maximum atomic E-state index is 10.7. The molecule has 4 nitrogen and oxygen atoms in total. The second kappa shape index (κ2) is 7.82. The highest BCUT2D eigenvalue weighted by molar-refractivity contribution is 5.66. The topological polar surface area (TPSA) is 53.4 Å². The summed E-state index contributed by atoms with van der Waals surface area (Å²) in [5.41, 5.74) is 0.992. The summed E-state index contributed by atoms with van der Waals surface area (Å²) in [7, 11) is 0. The van der Waals surface area contributed by atoms with Crippen molar-refractivity contribution in [2.75, 3.05) is 13.1 Å². The monoisotopic (exact) mass is 250 g/mol. The Labute approximate surface area is 109 Å². The third kappa shape index (κ3) is 6.35. The van der Waals surface area contributed by atoms with Crippen LogP contribution in [0.4, 0.5) is 0 Å². The zero-order valence-corrected chi connectivity index (χ0v) is 11.2. The molecule has 1 rings (SSSR count). The Hall–Kier alpha value is -1.42. The number of rotatable bonds is 8. The first-order valence-electron chi connectivity index (χ1n) is 6.42. The van der Waals surface area contributed by atoms with Gasteiger partial charge in [0.1, 0.15) is 0 Å². The highest BCUT2D eigenvalue weighted by atomic mass is 16.4. The Balaban J connectivity index is 2.50. The molecule has 0 spiro atoms. The average molecular weight is 250 g/mol. The van der Waals surface area contributed by atoms with Crippen LogP contribution in [-0.2, 0) is 11.3 Å². The van der Waals surface area contributed by atoms with E-state index in [0.29, 0.717) is 12.5 Å². The molecule has 0 fully saturated rings. The Bertz CT molecular complexity index is 352. The SMILES string of the molecule is CC(C)CCN(CCC(=O)O)Cc1ccccn1. The van der Waals surface area contributed by atoms with Crippen molar-refractivity contribution in [3.8, 4) is 0 Å². The predicted molar refractivity (Wildman–Crippen MR) is 71.2 cm³/mol. The number of carboxylic acid groups (broad SMARTS) is 1. The van der Waals surface area contributed by atoms with Gasteiger partial charge in [0.2, 0.25) is 0 Å².